The van der Waals surface area contributed by atoms with Crippen LogP contribution < -0.4 is 4.90 Å². The molecule has 0 bridgehead atoms. The van der Waals surface area contributed by atoms with Gasteiger partial charge in [-0.05, 0) is 12.1 Å². The Morgan fingerprint density at radius 1 is 1.10 bits per heavy atom. The predicted molar refractivity (Wildman–Crippen MR) is 67.2 cm³/mol. The van der Waals surface area contributed by atoms with Gasteiger partial charge in [-0.15, -0.1) is 0 Å². The van der Waals surface area contributed by atoms with Crippen LogP contribution in [0.2, 0.25) is 0 Å². The topological polar surface area (TPSA) is 40.5 Å². The number of hydrogen-bond acceptors (Lipinski definition) is 2. The monoisotopic (exact) mass is 281 g/mol. The molecule has 0 heterocycles. The van der Waals surface area contributed by atoms with Gasteiger partial charge in [-0.25, -0.2) is 13.2 Å². The zero-order valence-electron chi connectivity index (χ0n) is 10.4. The maximum Gasteiger partial charge on any atom is 0.263 e. The van der Waals surface area contributed by atoms with Gasteiger partial charge in [0.2, 0.25) is 0 Å². The van der Waals surface area contributed by atoms with Gasteiger partial charge in [-0.3, -0.25) is 4.79 Å². The summed E-state index contributed by atoms with van der Waals surface area (Å²) in [6.45, 7) is 0. The maximum atomic E-state index is 13.5. The number of benzene rings is 2. The smallest absolute Gasteiger partial charge is 0.263 e. The summed E-state index contributed by atoms with van der Waals surface area (Å²) >= 11 is 0. The second-order valence-corrected chi connectivity index (χ2v) is 4.13. The molecule has 2 aromatic rings. The molecule has 104 valence electrons. The molecular weight excluding hydrogens is 271 g/mol. The van der Waals surface area contributed by atoms with Crippen LogP contribution >= 0.6 is 0 Å². The summed E-state index contributed by atoms with van der Waals surface area (Å²) in [6, 6.07) is 6.49. The lowest BCUT2D eigenvalue weighted by Crippen LogP contribution is -2.28. The van der Waals surface area contributed by atoms with E-state index in [1.807, 2.05) is 0 Å². The van der Waals surface area contributed by atoms with Crippen molar-refractivity contribution >= 4 is 11.6 Å². The van der Waals surface area contributed by atoms with Crippen LogP contribution in [0.25, 0.3) is 0 Å². The highest BCUT2D eigenvalue weighted by atomic mass is 19.1. The van der Waals surface area contributed by atoms with Gasteiger partial charge in [0.25, 0.3) is 5.91 Å². The van der Waals surface area contributed by atoms with Crippen molar-refractivity contribution in [1.29, 1.82) is 0 Å². The number of phenolic OH excluding ortho intramolecular Hbond substituents is 1. The van der Waals surface area contributed by atoms with Crippen LogP contribution in [0.4, 0.5) is 18.9 Å². The zero-order chi connectivity index (χ0) is 14.9. The second kappa shape index (κ2) is 5.24. The summed E-state index contributed by atoms with van der Waals surface area (Å²) in [7, 11) is 1.29. The number of rotatable bonds is 2. The van der Waals surface area contributed by atoms with Gasteiger partial charge in [0.05, 0.1) is 0 Å². The summed E-state index contributed by atoms with van der Waals surface area (Å²) < 4.78 is 39.9. The molecule has 0 aliphatic rings. The Hall–Kier alpha value is -2.50. The Bertz CT molecular complexity index is 650. The van der Waals surface area contributed by atoms with E-state index in [0.29, 0.717) is 12.1 Å². The number of aromatic hydroxyl groups is 1. The molecule has 0 saturated carbocycles. The fraction of sp³-hybridized carbons (Fsp3) is 0.0714. The van der Waals surface area contributed by atoms with Crippen molar-refractivity contribution in [3.8, 4) is 5.75 Å². The van der Waals surface area contributed by atoms with Gasteiger partial charge in [0, 0.05) is 30.9 Å². The molecule has 0 aliphatic carbocycles. The van der Waals surface area contributed by atoms with E-state index in [0.717, 1.165) is 4.90 Å². The van der Waals surface area contributed by atoms with Crippen molar-refractivity contribution in [3.05, 3.63) is 59.4 Å². The fourth-order valence-corrected chi connectivity index (χ4v) is 1.73. The average molecular weight is 281 g/mol. The summed E-state index contributed by atoms with van der Waals surface area (Å²) in [6.07, 6.45) is 0. The third-order valence-electron chi connectivity index (χ3n) is 2.74. The second-order valence-electron chi connectivity index (χ2n) is 4.13. The number of hydrogen-bond donors (Lipinski definition) is 1. The van der Waals surface area contributed by atoms with Gasteiger partial charge in [0.15, 0.2) is 0 Å². The third-order valence-corrected chi connectivity index (χ3v) is 2.74. The molecule has 2 rings (SSSR count). The highest BCUT2D eigenvalue weighted by Crippen LogP contribution is 2.23. The number of carbonyl (C=O) groups excluding carboxylic acids is 1. The summed E-state index contributed by atoms with van der Waals surface area (Å²) in [4.78, 5) is 13.0. The average Bonchev–Trinajstić information content (AvgIpc) is 2.36. The fourth-order valence-electron chi connectivity index (χ4n) is 1.73. The van der Waals surface area contributed by atoms with Gasteiger partial charge in [0.1, 0.15) is 28.8 Å². The summed E-state index contributed by atoms with van der Waals surface area (Å²) in [5, 5.41) is 9.32. The minimum absolute atomic E-state index is 0.0952. The first-order valence-corrected chi connectivity index (χ1v) is 5.62. The first kappa shape index (κ1) is 13.9. The van der Waals surface area contributed by atoms with Crippen molar-refractivity contribution in [1.82, 2.24) is 0 Å². The minimum Gasteiger partial charge on any atom is -0.508 e. The van der Waals surface area contributed by atoms with Gasteiger partial charge in [-0.1, -0.05) is 6.07 Å². The van der Waals surface area contributed by atoms with Gasteiger partial charge < -0.3 is 10.0 Å². The molecule has 0 spiro atoms. The zero-order valence-corrected chi connectivity index (χ0v) is 10.4. The number of carbonyl (C=O) groups is 1. The van der Waals surface area contributed by atoms with Crippen LogP contribution in [0.5, 0.6) is 5.75 Å². The lowest BCUT2D eigenvalue weighted by molar-refractivity contribution is 0.0985. The molecule has 0 aliphatic heterocycles. The Kier molecular flexibility index (Phi) is 3.65. The van der Waals surface area contributed by atoms with E-state index in [9.17, 15) is 23.1 Å². The first-order valence-electron chi connectivity index (χ1n) is 5.62. The lowest BCUT2D eigenvalue weighted by atomic mass is 10.1. The lowest BCUT2D eigenvalue weighted by Gasteiger charge is -2.18. The van der Waals surface area contributed by atoms with E-state index in [4.69, 9.17) is 0 Å². The Balaban J connectivity index is 2.41. The SMILES string of the molecule is CN(C(=O)c1c(F)cc(F)cc1F)c1cccc(O)c1. The maximum absolute atomic E-state index is 13.5. The number of nitrogens with zero attached hydrogens (tertiary/aromatic N) is 1. The van der Waals surface area contributed by atoms with Crippen LogP contribution in [0, 0.1) is 17.5 Å². The van der Waals surface area contributed by atoms with E-state index < -0.39 is 28.9 Å². The number of halogens is 3. The molecule has 0 radical (unpaired) electrons. The molecule has 6 heteroatoms. The highest BCUT2D eigenvalue weighted by Gasteiger charge is 2.23. The van der Waals surface area contributed by atoms with Crippen LogP contribution in [0.1, 0.15) is 10.4 Å². The van der Waals surface area contributed by atoms with Crippen LogP contribution in [0.3, 0.4) is 0 Å². The molecule has 2 aromatic carbocycles. The predicted octanol–water partition coefficient (Wildman–Crippen LogP) is 3.09. The van der Waals surface area contributed by atoms with E-state index in [1.165, 1.54) is 31.3 Å². The molecule has 0 unspecified atom stereocenters. The summed E-state index contributed by atoms with van der Waals surface area (Å²) in [5.41, 5.74) is -0.602. The molecule has 3 nitrogen and oxygen atoms in total. The first-order chi connectivity index (χ1) is 9.40. The van der Waals surface area contributed by atoms with E-state index in [1.54, 1.807) is 0 Å². The molecular formula is C14H10F3NO2. The summed E-state index contributed by atoms with van der Waals surface area (Å²) in [5.74, 6) is -4.73. The number of phenols is 1. The van der Waals surface area contributed by atoms with Crippen molar-refractivity contribution < 1.29 is 23.1 Å². The Labute approximate surface area is 112 Å². The van der Waals surface area contributed by atoms with E-state index in [2.05, 4.69) is 0 Å². The quantitative estimate of drug-likeness (QED) is 0.919. The van der Waals surface area contributed by atoms with E-state index >= 15 is 0 Å². The van der Waals surface area contributed by atoms with Crippen LogP contribution in [0.15, 0.2) is 36.4 Å². The molecule has 20 heavy (non-hydrogen) atoms. The third kappa shape index (κ3) is 2.59. The van der Waals surface area contributed by atoms with Crippen LogP contribution in [-0.2, 0) is 0 Å². The molecule has 1 N–H and O–H groups in total. The molecule has 0 atom stereocenters. The van der Waals surface area contributed by atoms with Crippen molar-refractivity contribution in [2.75, 3.05) is 11.9 Å². The molecule has 1 amide bonds. The molecule has 0 fully saturated rings. The van der Waals surface area contributed by atoms with Crippen molar-refractivity contribution in [2.24, 2.45) is 0 Å². The van der Waals surface area contributed by atoms with Crippen LogP contribution in [-0.4, -0.2) is 18.1 Å². The normalized spacial score (nSPS) is 10.4. The van der Waals surface area contributed by atoms with Crippen molar-refractivity contribution in [2.45, 2.75) is 0 Å². The van der Waals surface area contributed by atoms with Gasteiger partial charge >= 0.3 is 0 Å². The minimum atomic E-state index is -1.28. The highest BCUT2D eigenvalue weighted by molar-refractivity contribution is 6.06. The molecule has 0 aromatic heterocycles. The number of anilines is 1. The Morgan fingerprint density at radius 3 is 2.25 bits per heavy atom. The number of amides is 1. The van der Waals surface area contributed by atoms with Gasteiger partial charge in [-0.2, -0.15) is 0 Å². The van der Waals surface area contributed by atoms with E-state index in [-0.39, 0.29) is 11.4 Å². The standard InChI is InChI=1S/C14H10F3NO2/c1-18(9-3-2-4-10(19)7-9)14(20)13-11(16)5-8(15)6-12(13)17/h2-7,19H,1H3. The molecule has 0 saturated heterocycles. The largest absolute Gasteiger partial charge is 0.508 e. The Morgan fingerprint density at radius 2 is 1.70 bits per heavy atom. The van der Waals surface area contributed by atoms with Crippen molar-refractivity contribution in [3.63, 3.8) is 0 Å².